The quantitative estimate of drug-likeness (QED) is 0.505. The first-order valence-electron chi connectivity index (χ1n) is 2.96. The molecule has 0 saturated heterocycles. The molecule has 0 aromatic carbocycles. The molecule has 0 aliphatic carbocycles. The summed E-state index contributed by atoms with van der Waals surface area (Å²) in [6, 6.07) is 1.23. The summed E-state index contributed by atoms with van der Waals surface area (Å²) in [6.45, 7) is 0. The Morgan fingerprint density at radius 3 is 3.27 bits per heavy atom. The van der Waals surface area contributed by atoms with Gasteiger partial charge in [-0.2, -0.15) is 9.50 Å². The molecule has 2 aromatic heterocycles. The molecule has 0 radical (unpaired) electrons. The average molecular weight is 151 g/mol. The minimum absolute atomic E-state index is 0.183. The lowest BCUT2D eigenvalue weighted by Gasteiger charge is -1.90. The Morgan fingerprint density at radius 2 is 2.45 bits per heavy atom. The van der Waals surface area contributed by atoms with Crippen molar-refractivity contribution in [3.8, 4) is 0 Å². The summed E-state index contributed by atoms with van der Waals surface area (Å²) in [7, 11) is 0. The third kappa shape index (κ3) is 0.759. The van der Waals surface area contributed by atoms with Crippen LogP contribution in [0.4, 0.5) is 5.82 Å². The molecule has 0 atom stereocenters. The van der Waals surface area contributed by atoms with Crippen molar-refractivity contribution < 1.29 is 0 Å². The van der Waals surface area contributed by atoms with Crippen molar-refractivity contribution in [3.63, 3.8) is 0 Å². The van der Waals surface area contributed by atoms with Gasteiger partial charge in [0.05, 0.1) is 0 Å². The van der Waals surface area contributed by atoms with Gasteiger partial charge in [0.25, 0.3) is 11.3 Å². The number of H-pyrrole nitrogens is 1. The Labute approximate surface area is 60.7 Å². The van der Waals surface area contributed by atoms with E-state index in [1.807, 2.05) is 0 Å². The van der Waals surface area contributed by atoms with Gasteiger partial charge in [0.2, 0.25) is 0 Å². The third-order valence-electron chi connectivity index (χ3n) is 1.29. The van der Waals surface area contributed by atoms with E-state index in [4.69, 9.17) is 5.73 Å². The molecule has 0 aliphatic rings. The SMILES string of the molecule is Nc1cc(=O)n2[nH]cnc2n1. The Bertz CT molecular complexity index is 441. The van der Waals surface area contributed by atoms with E-state index >= 15 is 0 Å². The Morgan fingerprint density at radius 1 is 1.64 bits per heavy atom. The van der Waals surface area contributed by atoms with Crippen LogP contribution in [0.25, 0.3) is 5.78 Å². The lowest BCUT2D eigenvalue weighted by molar-refractivity contribution is 0.901. The van der Waals surface area contributed by atoms with Crippen LogP contribution in [-0.2, 0) is 0 Å². The minimum atomic E-state index is -0.259. The van der Waals surface area contributed by atoms with Crippen molar-refractivity contribution in [1.82, 2.24) is 19.6 Å². The predicted octanol–water partition coefficient (Wildman–Crippen LogP) is -1.00. The molecular formula is C5H5N5O. The van der Waals surface area contributed by atoms with Gasteiger partial charge in [-0.1, -0.05) is 0 Å². The number of aromatic amines is 1. The van der Waals surface area contributed by atoms with E-state index in [-0.39, 0.29) is 17.2 Å². The molecule has 0 unspecified atom stereocenters. The van der Waals surface area contributed by atoms with Gasteiger partial charge in [0.1, 0.15) is 12.1 Å². The number of aromatic nitrogens is 4. The van der Waals surface area contributed by atoms with Crippen LogP contribution >= 0.6 is 0 Å². The number of anilines is 1. The number of hydrogen-bond acceptors (Lipinski definition) is 4. The van der Waals surface area contributed by atoms with E-state index in [2.05, 4.69) is 15.1 Å². The van der Waals surface area contributed by atoms with Crippen LogP contribution in [0.2, 0.25) is 0 Å². The largest absolute Gasteiger partial charge is 0.383 e. The van der Waals surface area contributed by atoms with Crippen molar-refractivity contribution in [1.29, 1.82) is 0 Å². The van der Waals surface area contributed by atoms with Crippen LogP contribution in [0.1, 0.15) is 0 Å². The highest BCUT2D eigenvalue weighted by Gasteiger charge is 1.99. The van der Waals surface area contributed by atoms with E-state index in [9.17, 15) is 4.79 Å². The van der Waals surface area contributed by atoms with Crippen molar-refractivity contribution in [3.05, 3.63) is 22.7 Å². The second-order valence-corrected chi connectivity index (χ2v) is 2.04. The third-order valence-corrected chi connectivity index (χ3v) is 1.29. The second-order valence-electron chi connectivity index (χ2n) is 2.04. The number of nitrogens with two attached hydrogens (primary N) is 1. The lowest BCUT2D eigenvalue weighted by Crippen LogP contribution is -2.15. The fraction of sp³-hybridized carbons (Fsp3) is 0. The zero-order valence-corrected chi connectivity index (χ0v) is 5.48. The molecule has 2 heterocycles. The van der Waals surface area contributed by atoms with Crippen molar-refractivity contribution in [2.24, 2.45) is 0 Å². The van der Waals surface area contributed by atoms with Gasteiger partial charge in [-0.3, -0.25) is 9.89 Å². The zero-order valence-electron chi connectivity index (χ0n) is 5.48. The average Bonchev–Trinajstić information content (AvgIpc) is 2.34. The summed E-state index contributed by atoms with van der Waals surface area (Å²) in [5.41, 5.74) is 5.05. The van der Waals surface area contributed by atoms with Crippen LogP contribution in [0.15, 0.2) is 17.2 Å². The molecule has 0 amide bonds. The summed E-state index contributed by atoms with van der Waals surface area (Å²) in [5.74, 6) is 0.470. The molecule has 3 N–H and O–H groups in total. The fourth-order valence-corrected chi connectivity index (χ4v) is 0.840. The molecule has 2 aromatic rings. The van der Waals surface area contributed by atoms with Gasteiger partial charge < -0.3 is 5.73 Å². The molecule has 0 fully saturated rings. The Kier molecular flexibility index (Phi) is 0.974. The summed E-state index contributed by atoms with van der Waals surface area (Å²) in [4.78, 5) is 18.6. The highest BCUT2D eigenvalue weighted by Crippen LogP contribution is 1.92. The molecule has 0 spiro atoms. The van der Waals surface area contributed by atoms with E-state index in [0.717, 1.165) is 0 Å². The fourth-order valence-electron chi connectivity index (χ4n) is 0.840. The second kappa shape index (κ2) is 1.82. The van der Waals surface area contributed by atoms with Crippen LogP contribution in [0.3, 0.4) is 0 Å². The molecule has 6 nitrogen and oxygen atoms in total. The normalized spacial score (nSPS) is 10.5. The summed E-state index contributed by atoms with van der Waals surface area (Å²) in [6.07, 6.45) is 1.38. The van der Waals surface area contributed by atoms with Gasteiger partial charge in [0, 0.05) is 6.07 Å². The number of nitrogens with zero attached hydrogens (tertiary/aromatic N) is 3. The molecule has 11 heavy (non-hydrogen) atoms. The minimum Gasteiger partial charge on any atom is -0.383 e. The van der Waals surface area contributed by atoms with E-state index in [0.29, 0.717) is 0 Å². The maximum Gasteiger partial charge on any atom is 0.276 e. The zero-order chi connectivity index (χ0) is 7.84. The van der Waals surface area contributed by atoms with Gasteiger partial charge in [0.15, 0.2) is 0 Å². The standard InChI is InChI=1S/C5H5N5O/c6-3-1-4(11)10-5(9-3)7-2-8-10/h1-2H,6H2,(H,7,8,9). The number of nitrogens with one attached hydrogen (secondary N) is 1. The van der Waals surface area contributed by atoms with E-state index in [1.54, 1.807) is 0 Å². The number of nitrogen functional groups attached to an aromatic ring is 1. The van der Waals surface area contributed by atoms with Crippen LogP contribution in [0, 0.1) is 0 Å². The van der Waals surface area contributed by atoms with Gasteiger partial charge in [-0.25, -0.2) is 4.98 Å². The van der Waals surface area contributed by atoms with E-state index < -0.39 is 0 Å². The van der Waals surface area contributed by atoms with Crippen LogP contribution < -0.4 is 11.3 Å². The van der Waals surface area contributed by atoms with Gasteiger partial charge in [-0.15, -0.1) is 0 Å². The first-order chi connectivity index (χ1) is 5.27. The highest BCUT2D eigenvalue weighted by molar-refractivity contribution is 5.36. The maximum atomic E-state index is 11.0. The Balaban J connectivity index is 3.02. The first-order valence-corrected chi connectivity index (χ1v) is 2.96. The molecule has 2 rings (SSSR count). The molecule has 6 heteroatoms. The maximum absolute atomic E-state index is 11.0. The van der Waals surface area contributed by atoms with Crippen molar-refractivity contribution in [2.45, 2.75) is 0 Å². The smallest absolute Gasteiger partial charge is 0.276 e. The summed E-state index contributed by atoms with van der Waals surface area (Å²) >= 11 is 0. The lowest BCUT2D eigenvalue weighted by atomic mass is 10.6. The summed E-state index contributed by atoms with van der Waals surface area (Å²) < 4.78 is 1.20. The molecule has 0 bridgehead atoms. The molecule has 56 valence electrons. The predicted molar refractivity (Wildman–Crippen MR) is 38.0 cm³/mol. The number of hydrogen-bond donors (Lipinski definition) is 2. The monoisotopic (exact) mass is 151 g/mol. The highest BCUT2D eigenvalue weighted by atomic mass is 16.1. The first kappa shape index (κ1) is 5.90. The molecule has 0 aliphatic heterocycles. The van der Waals surface area contributed by atoms with Crippen LogP contribution in [0.5, 0.6) is 0 Å². The molecular weight excluding hydrogens is 146 g/mol. The van der Waals surface area contributed by atoms with Crippen molar-refractivity contribution >= 4 is 11.6 Å². The number of fused-ring (bicyclic) bond motifs is 1. The topological polar surface area (TPSA) is 89.1 Å². The van der Waals surface area contributed by atoms with Gasteiger partial charge >= 0.3 is 0 Å². The van der Waals surface area contributed by atoms with E-state index in [1.165, 1.54) is 16.9 Å². The number of rotatable bonds is 0. The van der Waals surface area contributed by atoms with Crippen LogP contribution in [-0.4, -0.2) is 19.6 Å². The molecule has 0 saturated carbocycles. The Hall–Kier alpha value is -1.85. The summed E-state index contributed by atoms with van der Waals surface area (Å²) in [5, 5.41) is 2.59. The van der Waals surface area contributed by atoms with Gasteiger partial charge in [-0.05, 0) is 0 Å². The van der Waals surface area contributed by atoms with Crippen molar-refractivity contribution in [2.75, 3.05) is 5.73 Å².